The van der Waals surface area contributed by atoms with Crippen molar-refractivity contribution in [2.45, 2.75) is 12.5 Å². The number of nitrogens with one attached hydrogen (secondary N) is 1. The van der Waals surface area contributed by atoms with Crippen LogP contribution in [-0.4, -0.2) is 27.3 Å². The molecule has 0 saturated carbocycles. The lowest BCUT2D eigenvalue weighted by Crippen LogP contribution is -2.40. The van der Waals surface area contributed by atoms with Gasteiger partial charge in [0.05, 0.1) is 11.0 Å². The van der Waals surface area contributed by atoms with Crippen LogP contribution in [0.3, 0.4) is 0 Å². The summed E-state index contributed by atoms with van der Waals surface area (Å²) < 4.78 is 27.2. The number of hydrogen-bond donors (Lipinski definition) is 1. The van der Waals surface area contributed by atoms with Gasteiger partial charge >= 0.3 is 0 Å². The first-order chi connectivity index (χ1) is 15.4. The number of nitrogens with zero attached hydrogens (tertiary/aromatic N) is 2. The van der Waals surface area contributed by atoms with Crippen LogP contribution in [0, 0.1) is 21.7 Å². The fraction of sp³-hybridized carbons (Fsp3) is 0.125. The van der Waals surface area contributed by atoms with Crippen molar-refractivity contribution in [2.75, 3.05) is 6.54 Å². The van der Waals surface area contributed by atoms with Gasteiger partial charge in [-0.3, -0.25) is 14.9 Å². The van der Waals surface area contributed by atoms with Crippen molar-refractivity contribution in [1.82, 2.24) is 9.88 Å². The predicted molar refractivity (Wildman–Crippen MR) is 114 cm³/mol. The average Bonchev–Trinajstić information content (AvgIpc) is 3.18. The molecule has 5 rings (SSSR count). The van der Waals surface area contributed by atoms with E-state index in [1.54, 1.807) is 17.0 Å². The fourth-order valence-corrected chi connectivity index (χ4v) is 4.38. The molecule has 8 heteroatoms. The van der Waals surface area contributed by atoms with Gasteiger partial charge in [0, 0.05) is 40.8 Å². The molecule has 0 spiro atoms. The molecule has 0 radical (unpaired) electrons. The Hall–Kier alpha value is -4.07. The Kier molecular flexibility index (Phi) is 4.70. The first kappa shape index (κ1) is 19.9. The van der Waals surface area contributed by atoms with E-state index < -0.39 is 28.5 Å². The van der Waals surface area contributed by atoms with E-state index in [-0.39, 0.29) is 11.3 Å². The Morgan fingerprint density at radius 1 is 1.03 bits per heavy atom. The number of aromatic amines is 1. The fourth-order valence-electron chi connectivity index (χ4n) is 4.38. The predicted octanol–water partition coefficient (Wildman–Crippen LogP) is 5.14. The maximum atomic E-state index is 13.8. The number of nitro groups is 1. The van der Waals surface area contributed by atoms with Gasteiger partial charge in [-0.2, -0.15) is 0 Å². The van der Waals surface area contributed by atoms with Crippen LogP contribution in [0.15, 0.2) is 66.7 Å². The number of aromatic nitrogens is 1. The van der Waals surface area contributed by atoms with E-state index in [4.69, 9.17) is 0 Å². The number of para-hydroxylation sites is 1. The molecule has 1 aliphatic heterocycles. The third-order valence-corrected chi connectivity index (χ3v) is 5.88. The van der Waals surface area contributed by atoms with Crippen LogP contribution < -0.4 is 0 Å². The molecular weight excluding hydrogens is 416 g/mol. The third-order valence-electron chi connectivity index (χ3n) is 5.88. The van der Waals surface area contributed by atoms with E-state index in [1.807, 2.05) is 24.3 Å². The number of hydrogen-bond acceptors (Lipinski definition) is 3. The summed E-state index contributed by atoms with van der Waals surface area (Å²) in [5, 5.41) is 12.1. The van der Waals surface area contributed by atoms with Crippen molar-refractivity contribution >= 4 is 22.5 Å². The molecule has 1 amide bonds. The zero-order chi connectivity index (χ0) is 22.4. The molecule has 6 nitrogen and oxygen atoms in total. The van der Waals surface area contributed by atoms with E-state index in [9.17, 15) is 23.7 Å². The van der Waals surface area contributed by atoms with Gasteiger partial charge in [0.15, 0.2) is 11.6 Å². The number of halogens is 2. The number of carbonyl (C=O) groups excluding carboxylic acids is 1. The van der Waals surface area contributed by atoms with Gasteiger partial charge in [-0.25, -0.2) is 8.78 Å². The van der Waals surface area contributed by atoms with Gasteiger partial charge in [-0.1, -0.05) is 18.2 Å². The molecular formula is C24H17F2N3O3. The standard InChI is InChI=1S/C24H17F2N3O3/c25-19-10-7-15(13-20(19)26)24(30)28-12-11-18-17-3-1-2-4-21(17)27-22(18)23(28)14-5-8-16(9-6-14)29(31)32/h1-10,13,23,27H,11-12H2/t23-/m0/s1. The number of nitro benzene ring substituents is 1. The molecule has 160 valence electrons. The summed E-state index contributed by atoms with van der Waals surface area (Å²) in [7, 11) is 0. The number of carbonyl (C=O) groups is 1. The highest BCUT2D eigenvalue weighted by atomic mass is 19.2. The molecule has 0 fully saturated rings. The maximum absolute atomic E-state index is 13.8. The normalized spacial score (nSPS) is 15.6. The van der Waals surface area contributed by atoms with Gasteiger partial charge in [-0.15, -0.1) is 0 Å². The van der Waals surface area contributed by atoms with Crippen LogP contribution in [0.4, 0.5) is 14.5 Å². The number of rotatable bonds is 3. The van der Waals surface area contributed by atoms with Crippen LogP contribution in [0.2, 0.25) is 0 Å². The second-order valence-electron chi connectivity index (χ2n) is 7.69. The van der Waals surface area contributed by atoms with Crippen LogP contribution in [0.1, 0.15) is 33.2 Å². The van der Waals surface area contributed by atoms with Gasteiger partial charge in [-0.05, 0) is 53.9 Å². The summed E-state index contributed by atoms with van der Waals surface area (Å²) in [6.45, 7) is 0.355. The molecule has 1 aliphatic rings. The van der Waals surface area contributed by atoms with Gasteiger partial charge < -0.3 is 9.88 Å². The Labute approximate surface area is 181 Å². The van der Waals surface area contributed by atoms with Crippen LogP contribution >= 0.6 is 0 Å². The van der Waals surface area contributed by atoms with Crippen molar-refractivity contribution in [3.8, 4) is 0 Å². The smallest absolute Gasteiger partial charge is 0.269 e. The largest absolute Gasteiger partial charge is 0.356 e. The Bertz CT molecular complexity index is 1360. The summed E-state index contributed by atoms with van der Waals surface area (Å²) >= 11 is 0. The lowest BCUT2D eigenvalue weighted by molar-refractivity contribution is -0.384. The molecule has 1 N–H and O–H groups in total. The number of H-pyrrole nitrogens is 1. The van der Waals surface area contributed by atoms with Crippen molar-refractivity contribution in [1.29, 1.82) is 0 Å². The molecule has 0 bridgehead atoms. The highest BCUT2D eigenvalue weighted by Gasteiger charge is 2.35. The molecule has 4 aromatic rings. The lowest BCUT2D eigenvalue weighted by Gasteiger charge is -2.36. The highest BCUT2D eigenvalue weighted by molar-refractivity contribution is 5.95. The van der Waals surface area contributed by atoms with Crippen LogP contribution in [-0.2, 0) is 6.42 Å². The van der Waals surface area contributed by atoms with Crippen molar-refractivity contribution in [2.24, 2.45) is 0 Å². The van der Waals surface area contributed by atoms with Crippen molar-refractivity contribution < 1.29 is 18.5 Å². The second-order valence-corrected chi connectivity index (χ2v) is 7.69. The quantitative estimate of drug-likeness (QED) is 0.359. The molecule has 1 atom stereocenters. The lowest BCUT2D eigenvalue weighted by atomic mass is 9.91. The topological polar surface area (TPSA) is 79.2 Å². The highest BCUT2D eigenvalue weighted by Crippen LogP contribution is 2.39. The minimum absolute atomic E-state index is 0.0374. The minimum Gasteiger partial charge on any atom is -0.356 e. The molecule has 3 aromatic carbocycles. The first-order valence-corrected chi connectivity index (χ1v) is 10.0. The molecule has 2 heterocycles. The van der Waals surface area contributed by atoms with Gasteiger partial charge in [0.2, 0.25) is 0 Å². The summed E-state index contributed by atoms with van der Waals surface area (Å²) in [5.41, 5.74) is 3.46. The Balaban J connectivity index is 1.64. The second kappa shape index (κ2) is 7.56. The number of benzene rings is 3. The average molecular weight is 433 g/mol. The molecule has 0 aliphatic carbocycles. The van der Waals surface area contributed by atoms with E-state index >= 15 is 0 Å². The number of amides is 1. The first-order valence-electron chi connectivity index (χ1n) is 10.0. The minimum atomic E-state index is -1.09. The Morgan fingerprint density at radius 3 is 2.50 bits per heavy atom. The summed E-state index contributed by atoms with van der Waals surface area (Å²) in [6, 6.07) is 16.4. The van der Waals surface area contributed by atoms with E-state index in [2.05, 4.69) is 4.98 Å². The van der Waals surface area contributed by atoms with Gasteiger partial charge in [0.1, 0.15) is 0 Å². The van der Waals surface area contributed by atoms with E-state index in [1.165, 1.54) is 18.2 Å². The van der Waals surface area contributed by atoms with Crippen LogP contribution in [0.25, 0.3) is 10.9 Å². The summed E-state index contributed by atoms with van der Waals surface area (Å²) in [4.78, 5) is 29.0. The van der Waals surface area contributed by atoms with Gasteiger partial charge in [0.25, 0.3) is 11.6 Å². The van der Waals surface area contributed by atoms with Crippen molar-refractivity contribution in [3.05, 3.63) is 111 Å². The summed E-state index contributed by atoms with van der Waals surface area (Å²) in [6.07, 6.45) is 0.582. The van der Waals surface area contributed by atoms with E-state index in [0.717, 1.165) is 34.3 Å². The SMILES string of the molecule is O=C(c1ccc(F)c(F)c1)N1CCc2c([nH]c3ccccc23)[C@@H]1c1ccc([N+](=O)[O-])cc1. The zero-order valence-corrected chi connectivity index (χ0v) is 16.7. The van der Waals surface area contributed by atoms with E-state index in [0.29, 0.717) is 18.5 Å². The maximum Gasteiger partial charge on any atom is 0.269 e. The third kappa shape index (κ3) is 3.20. The molecule has 0 saturated heterocycles. The zero-order valence-electron chi connectivity index (χ0n) is 16.7. The monoisotopic (exact) mass is 433 g/mol. The molecule has 32 heavy (non-hydrogen) atoms. The molecule has 0 unspecified atom stereocenters. The number of non-ortho nitro benzene ring substituents is 1. The summed E-state index contributed by atoms with van der Waals surface area (Å²) in [5.74, 6) is -2.56. The van der Waals surface area contributed by atoms with Crippen molar-refractivity contribution in [3.63, 3.8) is 0 Å². The Morgan fingerprint density at radius 2 is 1.78 bits per heavy atom. The van der Waals surface area contributed by atoms with Crippen LogP contribution in [0.5, 0.6) is 0 Å². The molecule has 1 aromatic heterocycles. The number of fused-ring (bicyclic) bond motifs is 3.